The molecule has 130 valence electrons. The molecule has 2 aromatic carbocycles. The van der Waals surface area contributed by atoms with Gasteiger partial charge in [-0.25, -0.2) is 9.78 Å². The van der Waals surface area contributed by atoms with Crippen molar-refractivity contribution in [2.24, 2.45) is 0 Å². The number of carboxylic acids is 1. The number of thiazole rings is 1. The second kappa shape index (κ2) is 6.72. The fourth-order valence-corrected chi connectivity index (χ4v) is 3.93. The van der Waals surface area contributed by atoms with Gasteiger partial charge in [0.2, 0.25) is 0 Å². The maximum atomic E-state index is 12.4. The van der Waals surface area contributed by atoms with Gasteiger partial charge in [0.05, 0.1) is 5.69 Å². The molecular weight excluding hydrogens is 348 g/mol. The van der Waals surface area contributed by atoms with Crippen LogP contribution in [0.4, 0.5) is 5.13 Å². The van der Waals surface area contributed by atoms with Crippen LogP contribution in [0.15, 0.2) is 59.0 Å². The summed E-state index contributed by atoms with van der Waals surface area (Å²) >= 11 is 1.33. The van der Waals surface area contributed by atoms with Gasteiger partial charge in [0, 0.05) is 22.1 Å². The monoisotopic (exact) mass is 364 g/mol. The molecule has 1 aliphatic rings. The van der Waals surface area contributed by atoms with Crippen molar-refractivity contribution >= 4 is 39.1 Å². The molecule has 0 saturated heterocycles. The van der Waals surface area contributed by atoms with Crippen LogP contribution in [0.3, 0.4) is 0 Å². The van der Waals surface area contributed by atoms with E-state index in [1.807, 2.05) is 35.7 Å². The number of amides is 1. The van der Waals surface area contributed by atoms with Crippen molar-refractivity contribution in [2.45, 2.75) is 19.3 Å². The van der Waals surface area contributed by atoms with E-state index in [1.54, 1.807) is 0 Å². The molecular formula is C20H16N2O3S. The van der Waals surface area contributed by atoms with Crippen molar-refractivity contribution in [3.05, 3.63) is 59.0 Å². The average molecular weight is 364 g/mol. The van der Waals surface area contributed by atoms with Gasteiger partial charge >= 0.3 is 5.97 Å². The Morgan fingerprint density at radius 2 is 1.81 bits per heavy atom. The molecule has 3 aromatic rings. The van der Waals surface area contributed by atoms with E-state index in [0.29, 0.717) is 30.0 Å². The summed E-state index contributed by atoms with van der Waals surface area (Å²) in [6.07, 6.45) is 1.64. The quantitative estimate of drug-likeness (QED) is 0.716. The highest BCUT2D eigenvalue weighted by atomic mass is 32.1. The molecule has 1 amide bonds. The first-order chi connectivity index (χ1) is 12.6. The summed E-state index contributed by atoms with van der Waals surface area (Å²) < 4.78 is 0. The number of anilines is 1. The Labute approximate surface area is 154 Å². The van der Waals surface area contributed by atoms with Crippen LogP contribution < -0.4 is 5.32 Å². The molecule has 5 nitrogen and oxygen atoms in total. The molecule has 0 bridgehead atoms. The summed E-state index contributed by atoms with van der Waals surface area (Å²) in [5, 5.41) is 16.6. The minimum absolute atomic E-state index is 0.216. The third-order valence-electron chi connectivity index (χ3n) is 4.52. The summed E-state index contributed by atoms with van der Waals surface area (Å²) in [7, 11) is 0. The molecule has 0 unspecified atom stereocenters. The van der Waals surface area contributed by atoms with Crippen LogP contribution in [-0.2, 0) is 9.59 Å². The molecule has 26 heavy (non-hydrogen) atoms. The van der Waals surface area contributed by atoms with Crippen LogP contribution in [0.1, 0.15) is 19.3 Å². The van der Waals surface area contributed by atoms with E-state index in [4.69, 9.17) is 0 Å². The maximum Gasteiger partial charge on any atom is 0.332 e. The molecule has 1 aromatic heterocycles. The first kappa shape index (κ1) is 16.5. The van der Waals surface area contributed by atoms with Crippen LogP contribution in [0.25, 0.3) is 22.0 Å². The highest BCUT2D eigenvalue weighted by Gasteiger charge is 2.25. The smallest absolute Gasteiger partial charge is 0.332 e. The fourth-order valence-electron chi connectivity index (χ4n) is 3.22. The largest absolute Gasteiger partial charge is 0.478 e. The molecule has 2 N–H and O–H groups in total. The van der Waals surface area contributed by atoms with Crippen molar-refractivity contribution in [3.63, 3.8) is 0 Å². The van der Waals surface area contributed by atoms with Gasteiger partial charge in [0.1, 0.15) is 0 Å². The number of nitrogens with zero attached hydrogens (tertiary/aromatic N) is 1. The van der Waals surface area contributed by atoms with Gasteiger partial charge in [0.15, 0.2) is 5.13 Å². The lowest BCUT2D eigenvalue weighted by Gasteiger charge is -2.04. The molecule has 0 atom stereocenters. The lowest BCUT2D eigenvalue weighted by atomic mass is 10.1. The zero-order valence-corrected chi connectivity index (χ0v) is 14.7. The lowest BCUT2D eigenvalue weighted by Crippen LogP contribution is -2.16. The number of carbonyl (C=O) groups is 2. The van der Waals surface area contributed by atoms with Crippen LogP contribution in [0, 0.1) is 0 Å². The predicted octanol–water partition coefficient (Wildman–Crippen LogP) is 4.47. The molecule has 4 rings (SSSR count). The maximum absolute atomic E-state index is 12.4. The number of aromatic nitrogens is 1. The number of rotatable bonds is 4. The van der Waals surface area contributed by atoms with Crippen LogP contribution in [-0.4, -0.2) is 22.0 Å². The summed E-state index contributed by atoms with van der Waals surface area (Å²) in [4.78, 5) is 28.1. The molecule has 6 heteroatoms. The molecule has 1 aliphatic carbocycles. The second-order valence-electron chi connectivity index (χ2n) is 6.17. The van der Waals surface area contributed by atoms with Crippen LogP contribution >= 0.6 is 11.3 Å². The standard InChI is InChI=1S/C20H16N2O3S/c23-18(15-6-3-7-16(15)19(24)25)22-20-21-17(11-26-20)14-9-8-12-4-1-2-5-13(12)10-14/h1-2,4-5,8-11H,3,6-7H2,(H,24,25)(H,21,22,23). The van der Waals surface area contributed by atoms with E-state index in [1.165, 1.54) is 11.3 Å². The fraction of sp³-hybridized carbons (Fsp3) is 0.150. The summed E-state index contributed by atoms with van der Waals surface area (Å²) in [5.41, 5.74) is 2.34. The Morgan fingerprint density at radius 1 is 1.04 bits per heavy atom. The first-order valence-corrected chi connectivity index (χ1v) is 9.21. The molecule has 0 fully saturated rings. The molecule has 0 spiro atoms. The van der Waals surface area contributed by atoms with E-state index >= 15 is 0 Å². The molecule has 0 radical (unpaired) electrons. The number of carboxylic acid groups (broad SMARTS) is 1. The zero-order valence-electron chi connectivity index (χ0n) is 13.9. The Kier molecular flexibility index (Phi) is 4.26. The normalized spacial score (nSPS) is 14.0. The van der Waals surface area contributed by atoms with E-state index in [2.05, 4.69) is 22.4 Å². The SMILES string of the molecule is O=C(O)C1=C(C(=O)Nc2nc(-c3ccc4ccccc4c3)cs2)CCC1. The van der Waals surface area contributed by atoms with Gasteiger partial charge in [-0.3, -0.25) is 10.1 Å². The Hall–Kier alpha value is -2.99. The van der Waals surface area contributed by atoms with Gasteiger partial charge in [-0.1, -0.05) is 36.4 Å². The van der Waals surface area contributed by atoms with Crippen molar-refractivity contribution in [2.75, 3.05) is 5.32 Å². The highest BCUT2D eigenvalue weighted by Crippen LogP contribution is 2.30. The Balaban J connectivity index is 1.57. The Bertz CT molecular complexity index is 1050. The van der Waals surface area contributed by atoms with Gasteiger partial charge < -0.3 is 5.11 Å². The number of hydrogen-bond donors (Lipinski definition) is 2. The van der Waals surface area contributed by atoms with Crippen LogP contribution in [0.2, 0.25) is 0 Å². The number of aliphatic carboxylic acids is 1. The minimum Gasteiger partial charge on any atom is -0.478 e. The number of carbonyl (C=O) groups excluding carboxylic acids is 1. The van der Waals surface area contributed by atoms with Crippen molar-refractivity contribution in [1.29, 1.82) is 0 Å². The number of hydrogen-bond acceptors (Lipinski definition) is 4. The third-order valence-corrected chi connectivity index (χ3v) is 5.28. The van der Waals surface area contributed by atoms with Crippen molar-refractivity contribution < 1.29 is 14.7 Å². The number of fused-ring (bicyclic) bond motifs is 1. The van der Waals surface area contributed by atoms with Gasteiger partial charge in [0.25, 0.3) is 5.91 Å². The number of nitrogens with one attached hydrogen (secondary N) is 1. The van der Waals surface area contributed by atoms with Crippen molar-refractivity contribution in [1.82, 2.24) is 4.98 Å². The molecule has 0 saturated carbocycles. The van der Waals surface area contributed by atoms with Crippen molar-refractivity contribution in [3.8, 4) is 11.3 Å². The highest BCUT2D eigenvalue weighted by molar-refractivity contribution is 7.14. The van der Waals surface area contributed by atoms with E-state index in [9.17, 15) is 14.7 Å². The summed E-state index contributed by atoms with van der Waals surface area (Å²) in [6.45, 7) is 0. The van der Waals surface area contributed by atoms with Gasteiger partial charge in [-0.15, -0.1) is 11.3 Å². The van der Waals surface area contributed by atoms with E-state index in [-0.39, 0.29) is 11.5 Å². The average Bonchev–Trinajstić information content (AvgIpc) is 3.31. The topological polar surface area (TPSA) is 79.3 Å². The summed E-state index contributed by atoms with van der Waals surface area (Å²) in [5.74, 6) is -1.37. The van der Waals surface area contributed by atoms with Gasteiger partial charge in [-0.2, -0.15) is 0 Å². The lowest BCUT2D eigenvalue weighted by molar-refractivity contribution is -0.133. The van der Waals surface area contributed by atoms with Crippen LogP contribution in [0.5, 0.6) is 0 Å². The molecule has 0 aliphatic heterocycles. The minimum atomic E-state index is -1.01. The zero-order chi connectivity index (χ0) is 18.1. The number of benzene rings is 2. The first-order valence-electron chi connectivity index (χ1n) is 8.33. The third kappa shape index (κ3) is 3.11. The van der Waals surface area contributed by atoms with E-state index in [0.717, 1.165) is 22.0 Å². The Morgan fingerprint density at radius 3 is 2.62 bits per heavy atom. The summed E-state index contributed by atoms with van der Waals surface area (Å²) in [6, 6.07) is 14.2. The molecule has 1 heterocycles. The van der Waals surface area contributed by atoms with E-state index < -0.39 is 5.97 Å². The van der Waals surface area contributed by atoms with Gasteiger partial charge in [-0.05, 0) is 36.1 Å². The second-order valence-corrected chi connectivity index (χ2v) is 7.03. The predicted molar refractivity (Wildman–Crippen MR) is 102 cm³/mol.